The minimum Gasteiger partial charge on any atom is -0.480 e. The zero-order valence-electron chi connectivity index (χ0n) is 10.3. The van der Waals surface area contributed by atoms with Crippen molar-refractivity contribution in [1.82, 2.24) is 10.2 Å². The van der Waals surface area contributed by atoms with E-state index in [-0.39, 0.29) is 17.7 Å². The lowest BCUT2D eigenvalue weighted by Crippen LogP contribution is -2.53. The highest BCUT2D eigenvalue weighted by Gasteiger charge is 2.40. The minimum atomic E-state index is -1.15. The molecular formula is C11H20N2O3. The highest BCUT2D eigenvalue weighted by atomic mass is 16.4. The van der Waals surface area contributed by atoms with Crippen LogP contribution in [0.25, 0.3) is 0 Å². The molecule has 1 heterocycles. The van der Waals surface area contributed by atoms with Crippen LogP contribution in [0.2, 0.25) is 0 Å². The number of amides is 1. The minimum absolute atomic E-state index is 0.0927. The highest BCUT2D eigenvalue weighted by molar-refractivity contribution is 5.87. The van der Waals surface area contributed by atoms with Crippen molar-refractivity contribution in [2.75, 3.05) is 20.1 Å². The maximum absolute atomic E-state index is 12.1. The molecule has 0 aromatic heterocycles. The third-order valence-electron chi connectivity index (χ3n) is 3.53. The number of likely N-dealkylation sites (N-methyl/N-ethyl adjacent to an activating group) is 1. The highest BCUT2D eigenvalue weighted by Crippen LogP contribution is 2.22. The third-order valence-corrected chi connectivity index (χ3v) is 3.53. The van der Waals surface area contributed by atoms with Gasteiger partial charge in [-0.3, -0.25) is 4.79 Å². The standard InChI is InChI=1S/C11H20N2O3/c1-7-5-12-6-8(7)9(14)13(4)11(2,3)10(15)16/h7-8,12H,5-6H2,1-4H3,(H,15,16)/t7-,8-/m1/s1. The second-order valence-corrected chi connectivity index (χ2v) is 5.00. The molecule has 0 aromatic carbocycles. The number of carbonyl (C=O) groups excluding carboxylic acids is 1. The van der Waals surface area contributed by atoms with E-state index in [4.69, 9.17) is 5.11 Å². The van der Waals surface area contributed by atoms with Crippen LogP contribution in [0.1, 0.15) is 20.8 Å². The molecule has 1 saturated heterocycles. The summed E-state index contributed by atoms with van der Waals surface area (Å²) in [5, 5.41) is 12.2. The van der Waals surface area contributed by atoms with Crippen molar-refractivity contribution < 1.29 is 14.7 Å². The molecule has 92 valence electrons. The summed E-state index contributed by atoms with van der Waals surface area (Å²) in [4.78, 5) is 24.5. The van der Waals surface area contributed by atoms with E-state index in [1.165, 1.54) is 4.90 Å². The average molecular weight is 228 g/mol. The summed E-state index contributed by atoms with van der Waals surface area (Å²) in [6.45, 7) is 6.54. The first-order valence-corrected chi connectivity index (χ1v) is 5.50. The Labute approximate surface area is 95.8 Å². The molecule has 5 nitrogen and oxygen atoms in total. The molecule has 1 aliphatic rings. The first-order valence-electron chi connectivity index (χ1n) is 5.50. The van der Waals surface area contributed by atoms with Crippen LogP contribution in [0, 0.1) is 11.8 Å². The van der Waals surface area contributed by atoms with E-state index in [9.17, 15) is 9.59 Å². The molecule has 2 atom stereocenters. The Hall–Kier alpha value is -1.10. The Bertz CT molecular complexity index is 302. The van der Waals surface area contributed by atoms with Crippen LogP contribution in [-0.2, 0) is 9.59 Å². The van der Waals surface area contributed by atoms with Gasteiger partial charge in [0.1, 0.15) is 5.54 Å². The Morgan fingerprint density at radius 3 is 2.31 bits per heavy atom. The predicted molar refractivity (Wildman–Crippen MR) is 60.0 cm³/mol. The van der Waals surface area contributed by atoms with Crippen LogP contribution < -0.4 is 5.32 Å². The van der Waals surface area contributed by atoms with Gasteiger partial charge in [0.15, 0.2) is 0 Å². The Morgan fingerprint density at radius 2 is 1.94 bits per heavy atom. The topological polar surface area (TPSA) is 69.6 Å². The molecule has 0 radical (unpaired) electrons. The van der Waals surface area contributed by atoms with E-state index in [0.29, 0.717) is 6.54 Å². The summed E-state index contributed by atoms with van der Waals surface area (Å²) in [5.41, 5.74) is -1.15. The number of aliphatic carboxylic acids is 1. The SMILES string of the molecule is C[C@@H]1CNC[C@H]1C(=O)N(C)C(C)(C)C(=O)O. The molecule has 0 aromatic rings. The molecule has 1 fully saturated rings. The Kier molecular flexibility index (Phi) is 3.57. The summed E-state index contributed by atoms with van der Waals surface area (Å²) in [5.74, 6) is -0.921. The van der Waals surface area contributed by atoms with Gasteiger partial charge < -0.3 is 15.3 Å². The normalized spacial score (nSPS) is 25.5. The number of nitrogens with one attached hydrogen (secondary N) is 1. The second-order valence-electron chi connectivity index (χ2n) is 5.00. The smallest absolute Gasteiger partial charge is 0.329 e. The fourth-order valence-electron chi connectivity index (χ4n) is 1.81. The van der Waals surface area contributed by atoms with Crippen LogP contribution in [-0.4, -0.2) is 47.6 Å². The lowest BCUT2D eigenvalue weighted by atomic mass is 9.94. The monoisotopic (exact) mass is 228 g/mol. The van der Waals surface area contributed by atoms with Crippen molar-refractivity contribution in [2.24, 2.45) is 11.8 Å². The Balaban J connectivity index is 2.78. The van der Waals surface area contributed by atoms with E-state index in [2.05, 4.69) is 5.32 Å². The molecule has 0 bridgehead atoms. The summed E-state index contributed by atoms with van der Waals surface area (Å²) in [6.07, 6.45) is 0. The third kappa shape index (κ3) is 2.19. The van der Waals surface area contributed by atoms with Gasteiger partial charge in [0.25, 0.3) is 0 Å². The van der Waals surface area contributed by atoms with Gasteiger partial charge in [0.2, 0.25) is 5.91 Å². The van der Waals surface area contributed by atoms with Crippen molar-refractivity contribution in [2.45, 2.75) is 26.3 Å². The van der Waals surface area contributed by atoms with Crippen molar-refractivity contribution in [1.29, 1.82) is 0 Å². The zero-order valence-corrected chi connectivity index (χ0v) is 10.3. The van der Waals surface area contributed by atoms with E-state index < -0.39 is 11.5 Å². The molecule has 1 amide bonds. The van der Waals surface area contributed by atoms with Gasteiger partial charge in [0, 0.05) is 13.6 Å². The number of carboxylic acid groups (broad SMARTS) is 1. The summed E-state index contributed by atoms with van der Waals surface area (Å²) in [6, 6.07) is 0. The quantitative estimate of drug-likeness (QED) is 0.722. The van der Waals surface area contributed by atoms with Crippen molar-refractivity contribution >= 4 is 11.9 Å². The summed E-state index contributed by atoms with van der Waals surface area (Å²) >= 11 is 0. The molecule has 5 heteroatoms. The molecular weight excluding hydrogens is 208 g/mol. The van der Waals surface area contributed by atoms with E-state index >= 15 is 0 Å². The fraction of sp³-hybridized carbons (Fsp3) is 0.818. The van der Waals surface area contributed by atoms with E-state index in [0.717, 1.165) is 6.54 Å². The molecule has 0 unspecified atom stereocenters. The first-order chi connectivity index (χ1) is 7.28. The molecule has 2 N–H and O–H groups in total. The van der Waals surface area contributed by atoms with Crippen LogP contribution in [0.5, 0.6) is 0 Å². The van der Waals surface area contributed by atoms with Crippen LogP contribution in [0.4, 0.5) is 0 Å². The van der Waals surface area contributed by atoms with E-state index in [1.54, 1.807) is 20.9 Å². The summed E-state index contributed by atoms with van der Waals surface area (Å²) in [7, 11) is 1.56. The van der Waals surface area contributed by atoms with Gasteiger partial charge >= 0.3 is 5.97 Å². The van der Waals surface area contributed by atoms with Crippen LogP contribution >= 0.6 is 0 Å². The number of hydrogen-bond donors (Lipinski definition) is 2. The number of nitrogens with zero attached hydrogens (tertiary/aromatic N) is 1. The average Bonchev–Trinajstić information content (AvgIpc) is 2.61. The largest absolute Gasteiger partial charge is 0.480 e. The van der Waals surface area contributed by atoms with Gasteiger partial charge in [-0.2, -0.15) is 0 Å². The van der Waals surface area contributed by atoms with Gasteiger partial charge in [-0.15, -0.1) is 0 Å². The van der Waals surface area contributed by atoms with Gasteiger partial charge in [-0.1, -0.05) is 6.92 Å². The molecule has 0 aliphatic carbocycles. The Morgan fingerprint density at radius 1 is 1.38 bits per heavy atom. The molecule has 0 spiro atoms. The molecule has 1 rings (SSSR count). The van der Waals surface area contributed by atoms with Gasteiger partial charge in [-0.05, 0) is 26.3 Å². The van der Waals surface area contributed by atoms with Gasteiger partial charge in [-0.25, -0.2) is 4.79 Å². The molecule has 1 aliphatic heterocycles. The van der Waals surface area contributed by atoms with Crippen molar-refractivity contribution in [3.8, 4) is 0 Å². The van der Waals surface area contributed by atoms with Crippen molar-refractivity contribution in [3.05, 3.63) is 0 Å². The maximum Gasteiger partial charge on any atom is 0.329 e. The number of rotatable bonds is 3. The van der Waals surface area contributed by atoms with Gasteiger partial charge in [0.05, 0.1) is 5.92 Å². The zero-order chi connectivity index (χ0) is 12.5. The van der Waals surface area contributed by atoms with Crippen LogP contribution in [0.3, 0.4) is 0 Å². The maximum atomic E-state index is 12.1. The number of carboxylic acids is 1. The summed E-state index contributed by atoms with van der Waals surface area (Å²) < 4.78 is 0. The number of carbonyl (C=O) groups is 2. The van der Waals surface area contributed by atoms with Crippen molar-refractivity contribution in [3.63, 3.8) is 0 Å². The number of hydrogen-bond acceptors (Lipinski definition) is 3. The van der Waals surface area contributed by atoms with Crippen LogP contribution in [0.15, 0.2) is 0 Å². The lowest BCUT2D eigenvalue weighted by molar-refractivity contribution is -0.157. The molecule has 0 saturated carbocycles. The first kappa shape index (κ1) is 13.0. The lowest BCUT2D eigenvalue weighted by Gasteiger charge is -2.34. The van der Waals surface area contributed by atoms with E-state index in [1.807, 2.05) is 6.92 Å². The fourth-order valence-corrected chi connectivity index (χ4v) is 1.81. The molecule has 16 heavy (non-hydrogen) atoms. The second kappa shape index (κ2) is 4.41. The predicted octanol–water partition coefficient (Wildman–Crippen LogP) is 0.164.